The van der Waals surface area contributed by atoms with Crippen molar-refractivity contribution in [1.29, 1.82) is 0 Å². The van der Waals surface area contributed by atoms with Gasteiger partial charge in [0.25, 0.3) is 5.91 Å². The molecular weight excluding hydrogens is 354 g/mol. The van der Waals surface area contributed by atoms with Gasteiger partial charge in [-0.25, -0.2) is 4.79 Å². The summed E-state index contributed by atoms with van der Waals surface area (Å²) in [4.78, 5) is 25.0. The number of carboxylic acid groups (broad SMARTS) is 1. The Kier molecular flexibility index (Phi) is 4.76. The zero-order chi connectivity index (χ0) is 14.0. The third-order valence-corrected chi connectivity index (χ3v) is 4.75. The molecule has 1 atom stereocenters. The molecule has 0 spiro atoms. The highest BCUT2D eigenvalue weighted by molar-refractivity contribution is 9.10. The highest BCUT2D eigenvalue weighted by Crippen LogP contribution is 2.25. The van der Waals surface area contributed by atoms with Crippen LogP contribution in [-0.4, -0.2) is 46.0 Å². The third kappa shape index (κ3) is 3.24. The molecule has 4 nitrogen and oxygen atoms in total. The molecule has 1 aromatic carbocycles. The summed E-state index contributed by atoms with van der Waals surface area (Å²) in [6.07, 6.45) is 0. The zero-order valence-corrected chi connectivity index (χ0v) is 13.0. The number of hydrogen-bond acceptors (Lipinski definition) is 3. The SMILES string of the molecule is O=C(O)C1CSCCN1C(=O)c1ccc(Cl)cc1Br. The van der Waals surface area contributed by atoms with Gasteiger partial charge in [-0.1, -0.05) is 11.6 Å². The fourth-order valence-corrected chi connectivity index (χ4v) is 3.76. The topological polar surface area (TPSA) is 57.6 Å². The molecule has 1 aliphatic rings. The molecule has 1 N–H and O–H groups in total. The molecule has 0 bridgehead atoms. The maximum absolute atomic E-state index is 12.4. The Labute approximate surface area is 128 Å². The van der Waals surface area contributed by atoms with Gasteiger partial charge in [-0.15, -0.1) is 0 Å². The van der Waals surface area contributed by atoms with Crippen LogP contribution in [0.5, 0.6) is 0 Å². The van der Waals surface area contributed by atoms with Crippen molar-refractivity contribution >= 4 is 51.2 Å². The molecule has 0 radical (unpaired) electrons. The number of carboxylic acids is 1. The van der Waals surface area contributed by atoms with Gasteiger partial charge in [0, 0.05) is 27.5 Å². The number of aliphatic carboxylic acids is 1. The van der Waals surface area contributed by atoms with Gasteiger partial charge in [-0.05, 0) is 34.1 Å². The van der Waals surface area contributed by atoms with Crippen LogP contribution in [0, 0.1) is 0 Å². The van der Waals surface area contributed by atoms with Crippen molar-refractivity contribution < 1.29 is 14.7 Å². The standard InChI is InChI=1S/C12H11BrClNO3S/c13-9-5-7(14)1-2-8(9)11(16)15-3-4-19-6-10(15)12(17)18/h1-2,5,10H,3-4,6H2,(H,17,18). The zero-order valence-electron chi connectivity index (χ0n) is 9.81. The van der Waals surface area contributed by atoms with Crippen LogP contribution in [0.15, 0.2) is 22.7 Å². The Hall–Kier alpha value is -0.720. The first-order valence-electron chi connectivity index (χ1n) is 5.57. The molecule has 102 valence electrons. The molecule has 1 unspecified atom stereocenters. The molecule has 1 amide bonds. The Morgan fingerprint density at radius 3 is 2.84 bits per heavy atom. The number of nitrogens with zero attached hydrogens (tertiary/aromatic N) is 1. The van der Waals surface area contributed by atoms with Crippen molar-refractivity contribution in [2.75, 3.05) is 18.1 Å². The van der Waals surface area contributed by atoms with Crippen molar-refractivity contribution in [1.82, 2.24) is 4.90 Å². The molecule has 1 fully saturated rings. The predicted octanol–water partition coefficient (Wildman–Crippen LogP) is 2.74. The summed E-state index contributed by atoms with van der Waals surface area (Å²) in [6, 6.07) is 4.08. The second-order valence-electron chi connectivity index (χ2n) is 4.05. The van der Waals surface area contributed by atoms with Crippen LogP contribution < -0.4 is 0 Å². The van der Waals surface area contributed by atoms with Crippen LogP contribution in [0.3, 0.4) is 0 Å². The minimum absolute atomic E-state index is 0.281. The Morgan fingerprint density at radius 2 is 2.21 bits per heavy atom. The van der Waals surface area contributed by atoms with E-state index >= 15 is 0 Å². The van der Waals surface area contributed by atoms with E-state index in [2.05, 4.69) is 15.9 Å². The fourth-order valence-electron chi connectivity index (χ4n) is 1.87. The molecule has 0 aliphatic carbocycles. The van der Waals surface area contributed by atoms with Crippen LogP contribution in [0.25, 0.3) is 0 Å². The van der Waals surface area contributed by atoms with Gasteiger partial charge in [0.1, 0.15) is 6.04 Å². The molecular formula is C12H11BrClNO3S. The number of carbonyl (C=O) groups excluding carboxylic acids is 1. The van der Waals surface area contributed by atoms with Gasteiger partial charge in [0.15, 0.2) is 0 Å². The number of thioether (sulfide) groups is 1. The molecule has 1 aromatic rings. The highest BCUT2D eigenvalue weighted by Gasteiger charge is 2.33. The van der Waals surface area contributed by atoms with Crippen molar-refractivity contribution in [2.24, 2.45) is 0 Å². The second kappa shape index (κ2) is 6.15. The first-order valence-corrected chi connectivity index (χ1v) is 7.90. The molecule has 0 saturated carbocycles. The Bertz CT molecular complexity index is 526. The second-order valence-corrected chi connectivity index (χ2v) is 6.49. The van der Waals surface area contributed by atoms with E-state index in [1.165, 1.54) is 4.90 Å². The first kappa shape index (κ1) is 14.7. The molecule has 7 heteroatoms. The maximum Gasteiger partial charge on any atom is 0.327 e. The first-order chi connectivity index (χ1) is 9.00. The van der Waals surface area contributed by atoms with Crippen LogP contribution in [0.1, 0.15) is 10.4 Å². The number of halogens is 2. The van der Waals surface area contributed by atoms with E-state index in [1.54, 1.807) is 30.0 Å². The van der Waals surface area contributed by atoms with Crippen LogP contribution in [0.4, 0.5) is 0 Å². The lowest BCUT2D eigenvalue weighted by molar-refractivity contribution is -0.141. The smallest absolute Gasteiger partial charge is 0.327 e. The molecule has 1 heterocycles. The third-order valence-electron chi connectivity index (χ3n) is 2.84. The summed E-state index contributed by atoms with van der Waals surface area (Å²) < 4.78 is 0.576. The van der Waals surface area contributed by atoms with E-state index in [-0.39, 0.29) is 5.91 Å². The van der Waals surface area contributed by atoms with Crippen molar-refractivity contribution in [3.8, 4) is 0 Å². The summed E-state index contributed by atoms with van der Waals surface area (Å²) in [5.41, 5.74) is 0.433. The number of hydrogen-bond donors (Lipinski definition) is 1. The number of benzene rings is 1. The number of rotatable bonds is 2. The van der Waals surface area contributed by atoms with E-state index in [9.17, 15) is 14.7 Å². The average molecular weight is 365 g/mol. The average Bonchev–Trinajstić information content (AvgIpc) is 2.38. The highest BCUT2D eigenvalue weighted by atomic mass is 79.9. The van der Waals surface area contributed by atoms with Crippen molar-refractivity contribution in [3.05, 3.63) is 33.3 Å². The van der Waals surface area contributed by atoms with Gasteiger partial charge in [0.05, 0.1) is 5.56 Å². The van der Waals surface area contributed by atoms with Crippen LogP contribution in [-0.2, 0) is 4.79 Å². The molecule has 1 aliphatic heterocycles. The summed E-state index contributed by atoms with van der Waals surface area (Å²) in [6.45, 7) is 0.440. The minimum atomic E-state index is -0.967. The van der Waals surface area contributed by atoms with Crippen LogP contribution in [0.2, 0.25) is 5.02 Å². The van der Waals surface area contributed by atoms with E-state index in [0.717, 1.165) is 5.75 Å². The quantitative estimate of drug-likeness (QED) is 0.876. The summed E-state index contributed by atoms with van der Waals surface area (Å²) >= 11 is 10.7. The number of amides is 1. The Balaban J connectivity index is 2.28. The molecule has 0 aromatic heterocycles. The molecule has 1 saturated heterocycles. The Morgan fingerprint density at radius 1 is 1.47 bits per heavy atom. The van der Waals surface area contributed by atoms with E-state index in [1.807, 2.05) is 0 Å². The lowest BCUT2D eigenvalue weighted by atomic mass is 10.1. The van der Waals surface area contributed by atoms with Crippen molar-refractivity contribution in [3.63, 3.8) is 0 Å². The van der Waals surface area contributed by atoms with Crippen LogP contribution >= 0.6 is 39.3 Å². The lowest BCUT2D eigenvalue weighted by Gasteiger charge is -2.32. The summed E-state index contributed by atoms with van der Waals surface area (Å²) in [7, 11) is 0. The summed E-state index contributed by atoms with van der Waals surface area (Å²) in [5, 5.41) is 9.70. The van der Waals surface area contributed by atoms with Crippen molar-refractivity contribution in [2.45, 2.75) is 6.04 Å². The van der Waals surface area contributed by atoms with E-state index < -0.39 is 12.0 Å². The van der Waals surface area contributed by atoms with Gasteiger partial charge in [-0.2, -0.15) is 11.8 Å². The van der Waals surface area contributed by atoms with Gasteiger partial charge < -0.3 is 10.0 Å². The minimum Gasteiger partial charge on any atom is -0.480 e. The van der Waals surface area contributed by atoms with Gasteiger partial charge >= 0.3 is 5.97 Å². The fraction of sp³-hybridized carbons (Fsp3) is 0.333. The van der Waals surface area contributed by atoms with Gasteiger partial charge in [-0.3, -0.25) is 4.79 Å². The van der Waals surface area contributed by atoms with Gasteiger partial charge in [0.2, 0.25) is 0 Å². The molecule has 19 heavy (non-hydrogen) atoms. The summed E-state index contributed by atoms with van der Waals surface area (Å²) in [5.74, 6) is -0.0746. The monoisotopic (exact) mass is 363 g/mol. The van der Waals surface area contributed by atoms with E-state index in [0.29, 0.717) is 27.4 Å². The predicted molar refractivity (Wildman–Crippen MR) is 78.9 cm³/mol. The lowest BCUT2D eigenvalue weighted by Crippen LogP contribution is -2.50. The van der Waals surface area contributed by atoms with E-state index in [4.69, 9.17) is 11.6 Å². The normalized spacial score (nSPS) is 19.3. The largest absolute Gasteiger partial charge is 0.480 e. The number of carbonyl (C=O) groups is 2. The molecule has 2 rings (SSSR count). The maximum atomic E-state index is 12.4.